The molecule has 1 aliphatic rings. The lowest BCUT2D eigenvalue weighted by Crippen LogP contribution is -2.48. The van der Waals surface area contributed by atoms with Gasteiger partial charge in [-0.05, 0) is 6.42 Å². The van der Waals surface area contributed by atoms with Gasteiger partial charge in [0.1, 0.15) is 11.4 Å². The molecule has 0 aliphatic carbocycles. The maximum atomic E-state index is 12.2. The van der Waals surface area contributed by atoms with Crippen molar-refractivity contribution in [2.24, 2.45) is 0 Å². The van der Waals surface area contributed by atoms with Crippen molar-refractivity contribution in [2.45, 2.75) is 30.3 Å². The quantitative estimate of drug-likeness (QED) is 0.708. The summed E-state index contributed by atoms with van der Waals surface area (Å²) in [4.78, 5) is 23.3. The van der Waals surface area contributed by atoms with E-state index in [2.05, 4.69) is 9.82 Å². The standard InChI is InChI=1S/C11H16N4O5S/c1-14-5-8(2-3-10(14)16)13-21(19,20)9-4-12-15(6-9)7-11(17)18/h4,6,8,13H,2-3,5,7H2,1H3,(H,17,18). The molecule has 0 bridgehead atoms. The van der Waals surface area contributed by atoms with Crippen molar-refractivity contribution in [3.63, 3.8) is 0 Å². The van der Waals surface area contributed by atoms with Crippen LogP contribution in [-0.2, 0) is 26.2 Å². The van der Waals surface area contributed by atoms with Crippen molar-refractivity contribution in [1.82, 2.24) is 19.4 Å². The number of carbonyl (C=O) groups is 2. The topological polar surface area (TPSA) is 122 Å². The predicted molar refractivity (Wildman–Crippen MR) is 70.8 cm³/mol. The molecule has 2 rings (SSSR count). The molecule has 2 heterocycles. The Bertz CT molecular complexity index is 653. The van der Waals surface area contributed by atoms with E-state index in [9.17, 15) is 18.0 Å². The molecule has 1 saturated heterocycles. The molecule has 1 aromatic heterocycles. The number of aromatic nitrogens is 2. The number of likely N-dealkylation sites (tertiary alicyclic amines) is 1. The van der Waals surface area contributed by atoms with Gasteiger partial charge in [-0.3, -0.25) is 14.3 Å². The number of likely N-dealkylation sites (N-methyl/N-ethyl adjacent to an activating group) is 1. The van der Waals surface area contributed by atoms with E-state index in [1.165, 1.54) is 4.90 Å². The van der Waals surface area contributed by atoms with Gasteiger partial charge in [-0.25, -0.2) is 13.1 Å². The Morgan fingerprint density at radius 2 is 2.29 bits per heavy atom. The second-order valence-electron chi connectivity index (χ2n) is 4.90. The molecule has 116 valence electrons. The summed E-state index contributed by atoms with van der Waals surface area (Å²) >= 11 is 0. The second kappa shape index (κ2) is 5.82. The molecule has 9 nitrogen and oxygen atoms in total. The lowest BCUT2D eigenvalue weighted by Gasteiger charge is -2.29. The third kappa shape index (κ3) is 3.79. The minimum absolute atomic E-state index is 0.0141. The fourth-order valence-corrected chi connectivity index (χ4v) is 3.32. The summed E-state index contributed by atoms with van der Waals surface area (Å²) in [6.45, 7) is -0.0997. The smallest absolute Gasteiger partial charge is 0.325 e. The first-order valence-corrected chi connectivity index (χ1v) is 7.77. The Kier molecular flexibility index (Phi) is 4.28. The number of hydrogen-bond acceptors (Lipinski definition) is 5. The largest absolute Gasteiger partial charge is 0.480 e. The highest BCUT2D eigenvalue weighted by Crippen LogP contribution is 2.14. The minimum atomic E-state index is -3.78. The number of piperidine rings is 1. The first kappa shape index (κ1) is 15.4. The highest BCUT2D eigenvalue weighted by atomic mass is 32.2. The Morgan fingerprint density at radius 3 is 2.90 bits per heavy atom. The SMILES string of the molecule is CN1CC(NS(=O)(=O)c2cnn(CC(=O)O)c2)CCC1=O. The average molecular weight is 316 g/mol. The van der Waals surface area contributed by atoms with Crippen LogP contribution in [0.25, 0.3) is 0 Å². The van der Waals surface area contributed by atoms with Gasteiger partial charge in [0.2, 0.25) is 15.9 Å². The van der Waals surface area contributed by atoms with E-state index in [0.29, 0.717) is 19.4 Å². The van der Waals surface area contributed by atoms with Crippen LogP contribution in [0.3, 0.4) is 0 Å². The van der Waals surface area contributed by atoms with Gasteiger partial charge < -0.3 is 10.0 Å². The summed E-state index contributed by atoms with van der Waals surface area (Å²) in [5, 5.41) is 12.3. The zero-order chi connectivity index (χ0) is 15.6. The Labute approximate surface area is 121 Å². The fourth-order valence-electron chi connectivity index (χ4n) is 2.10. The molecule has 1 fully saturated rings. The van der Waals surface area contributed by atoms with Crippen molar-refractivity contribution >= 4 is 21.9 Å². The molecular weight excluding hydrogens is 300 g/mol. The van der Waals surface area contributed by atoms with Crippen LogP contribution >= 0.6 is 0 Å². The number of nitrogens with zero attached hydrogens (tertiary/aromatic N) is 3. The number of aliphatic carboxylic acids is 1. The van der Waals surface area contributed by atoms with Crippen molar-refractivity contribution in [3.8, 4) is 0 Å². The van der Waals surface area contributed by atoms with E-state index in [4.69, 9.17) is 5.11 Å². The van der Waals surface area contributed by atoms with E-state index in [1.54, 1.807) is 7.05 Å². The number of carboxylic acids is 1. The van der Waals surface area contributed by atoms with Gasteiger partial charge in [-0.15, -0.1) is 0 Å². The summed E-state index contributed by atoms with van der Waals surface area (Å²) < 4.78 is 27.9. The second-order valence-corrected chi connectivity index (χ2v) is 6.61. The number of carbonyl (C=O) groups excluding carboxylic acids is 1. The Hall–Kier alpha value is -1.94. The Morgan fingerprint density at radius 1 is 1.57 bits per heavy atom. The molecule has 1 aromatic rings. The lowest BCUT2D eigenvalue weighted by molar-refractivity contribution is -0.138. The maximum Gasteiger partial charge on any atom is 0.325 e. The van der Waals surface area contributed by atoms with Gasteiger partial charge in [-0.1, -0.05) is 0 Å². The summed E-state index contributed by atoms with van der Waals surface area (Å²) in [6.07, 6.45) is 2.99. The van der Waals surface area contributed by atoms with E-state index in [0.717, 1.165) is 17.1 Å². The summed E-state index contributed by atoms with van der Waals surface area (Å²) in [5.74, 6) is -1.12. The molecule has 1 amide bonds. The number of amides is 1. The van der Waals surface area contributed by atoms with Gasteiger partial charge >= 0.3 is 5.97 Å². The van der Waals surface area contributed by atoms with Crippen LogP contribution in [0.2, 0.25) is 0 Å². The van der Waals surface area contributed by atoms with Crippen molar-refractivity contribution in [3.05, 3.63) is 12.4 Å². The van der Waals surface area contributed by atoms with E-state index in [1.807, 2.05) is 0 Å². The normalized spacial score (nSPS) is 19.8. The van der Waals surface area contributed by atoms with Gasteiger partial charge in [-0.2, -0.15) is 5.10 Å². The third-order valence-electron chi connectivity index (χ3n) is 3.17. The van der Waals surface area contributed by atoms with E-state index in [-0.39, 0.29) is 16.8 Å². The first-order chi connectivity index (χ1) is 9.78. The number of hydrogen-bond donors (Lipinski definition) is 2. The third-order valence-corrected chi connectivity index (χ3v) is 4.64. The molecule has 10 heteroatoms. The highest BCUT2D eigenvalue weighted by Gasteiger charge is 2.27. The van der Waals surface area contributed by atoms with Crippen LogP contribution < -0.4 is 4.72 Å². The van der Waals surface area contributed by atoms with Crippen LogP contribution in [0.1, 0.15) is 12.8 Å². The first-order valence-electron chi connectivity index (χ1n) is 6.28. The monoisotopic (exact) mass is 316 g/mol. The molecule has 1 unspecified atom stereocenters. The highest BCUT2D eigenvalue weighted by molar-refractivity contribution is 7.89. The van der Waals surface area contributed by atoms with Crippen LogP contribution in [0, 0.1) is 0 Å². The van der Waals surface area contributed by atoms with Crippen LogP contribution in [0.15, 0.2) is 17.3 Å². The molecule has 1 aliphatic heterocycles. The average Bonchev–Trinajstić information content (AvgIpc) is 2.82. The number of sulfonamides is 1. The van der Waals surface area contributed by atoms with Crippen molar-refractivity contribution < 1.29 is 23.1 Å². The molecule has 0 spiro atoms. The van der Waals surface area contributed by atoms with Gasteiger partial charge in [0.05, 0.1) is 6.20 Å². The predicted octanol–water partition coefficient (Wildman–Crippen LogP) is -1.13. The summed E-state index contributed by atoms with van der Waals surface area (Å²) in [5.41, 5.74) is 0. The van der Waals surface area contributed by atoms with Crippen LogP contribution in [0.5, 0.6) is 0 Å². The molecule has 0 radical (unpaired) electrons. The molecular formula is C11H16N4O5S. The van der Waals surface area contributed by atoms with Crippen LogP contribution in [-0.4, -0.2) is 59.7 Å². The molecule has 2 N–H and O–H groups in total. The van der Waals surface area contributed by atoms with Gasteiger partial charge in [0.25, 0.3) is 0 Å². The summed E-state index contributed by atoms with van der Waals surface area (Å²) in [7, 11) is -2.16. The molecule has 0 aromatic carbocycles. The zero-order valence-corrected chi connectivity index (χ0v) is 12.2. The number of rotatable bonds is 5. The fraction of sp³-hybridized carbons (Fsp3) is 0.545. The molecule has 21 heavy (non-hydrogen) atoms. The van der Waals surface area contributed by atoms with Crippen molar-refractivity contribution in [1.29, 1.82) is 0 Å². The zero-order valence-electron chi connectivity index (χ0n) is 11.4. The summed E-state index contributed by atoms with van der Waals surface area (Å²) in [6, 6.07) is -0.361. The number of carboxylic acid groups (broad SMARTS) is 1. The van der Waals surface area contributed by atoms with Crippen LogP contribution in [0.4, 0.5) is 0 Å². The minimum Gasteiger partial charge on any atom is -0.480 e. The Balaban J connectivity index is 2.06. The molecule has 0 saturated carbocycles. The van der Waals surface area contributed by atoms with Gasteiger partial charge in [0, 0.05) is 32.3 Å². The van der Waals surface area contributed by atoms with E-state index >= 15 is 0 Å². The lowest BCUT2D eigenvalue weighted by atomic mass is 10.1. The van der Waals surface area contributed by atoms with E-state index < -0.39 is 22.5 Å². The van der Waals surface area contributed by atoms with Gasteiger partial charge in [0.15, 0.2) is 0 Å². The number of nitrogens with one attached hydrogen (secondary N) is 1. The maximum absolute atomic E-state index is 12.2. The molecule has 1 atom stereocenters. The van der Waals surface area contributed by atoms with Crippen molar-refractivity contribution in [2.75, 3.05) is 13.6 Å².